The van der Waals surface area contributed by atoms with E-state index in [2.05, 4.69) is 30.9 Å². The lowest BCUT2D eigenvalue weighted by Gasteiger charge is -2.01. The molecule has 1 aliphatic carbocycles. The summed E-state index contributed by atoms with van der Waals surface area (Å²) in [7, 11) is 0. The second-order valence-electron chi connectivity index (χ2n) is 4.53. The second kappa shape index (κ2) is 3.78. The number of aromatic nitrogens is 4. The van der Waals surface area contributed by atoms with E-state index in [1.807, 2.05) is 18.3 Å². The predicted octanol–water partition coefficient (Wildman–Crippen LogP) is 3.04. The highest BCUT2D eigenvalue weighted by molar-refractivity contribution is 7.09. The van der Waals surface area contributed by atoms with Crippen molar-refractivity contribution in [2.24, 2.45) is 0 Å². The van der Waals surface area contributed by atoms with Crippen LogP contribution in [0.15, 0.2) is 24.4 Å². The van der Waals surface area contributed by atoms with Crippen LogP contribution in [0.2, 0.25) is 0 Å². The fraction of sp³-hybridized carbons (Fsp3) is 0.250. The maximum Gasteiger partial charge on any atom is 0.207 e. The summed E-state index contributed by atoms with van der Waals surface area (Å²) in [4.78, 5) is 4.51. The van der Waals surface area contributed by atoms with Gasteiger partial charge in [-0.05, 0) is 31.0 Å². The zero-order valence-corrected chi connectivity index (χ0v) is 10.4. The maximum absolute atomic E-state index is 4.51. The van der Waals surface area contributed by atoms with E-state index in [1.54, 1.807) is 0 Å². The van der Waals surface area contributed by atoms with Crippen molar-refractivity contribution < 1.29 is 0 Å². The van der Waals surface area contributed by atoms with Crippen molar-refractivity contribution in [2.75, 3.05) is 5.32 Å². The Balaban J connectivity index is 1.61. The molecule has 0 saturated heterocycles. The van der Waals surface area contributed by atoms with Crippen molar-refractivity contribution in [3.63, 3.8) is 0 Å². The van der Waals surface area contributed by atoms with Gasteiger partial charge in [0.1, 0.15) is 5.82 Å². The quantitative estimate of drug-likeness (QED) is 0.756. The highest BCUT2D eigenvalue weighted by atomic mass is 32.1. The Hall–Kier alpha value is -1.95. The summed E-state index contributed by atoms with van der Waals surface area (Å²) in [5, 5.41) is 12.2. The molecular formula is C12H11N5S. The summed E-state index contributed by atoms with van der Waals surface area (Å²) in [6.07, 6.45) is 4.28. The van der Waals surface area contributed by atoms with Gasteiger partial charge in [-0.1, -0.05) is 0 Å². The number of aromatic amines is 1. The molecule has 0 amide bonds. The molecule has 0 atom stereocenters. The molecule has 1 aliphatic rings. The second-order valence-corrected chi connectivity index (χ2v) is 5.28. The molecule has 0 bridgehead atoms. The van der Waals surface area contributed by atoms with Crippen LogP contribution in [-0.2, 0) is 0 Å². The van der Waals surface area contributed by atoms with Gasteiger partial charge in [-0.2, -0.15) is 9.47 Å². The Bertz CT molecular complexity index is 697. The van der Waals surface area contributed by atoms with E-state index in [4.69, 9.17) is 0 Å². The van der Waals surface area contributed by atoms with Crippen LogP contribution in [0.25, 0.3) is 10.9 Å². The molecule has 0 aliphatic heterocycles. The summed E-state index contributed by atoms with van der Waals surface area (Å²) in [6.45, 7) is 0. The molecule has 2 aromatic heterocycles. The van der Waals surface area contributed by atoms with Crippen LogP contribution >= 0.6 is 11.5 Å². The summed E-state index contributed by atoms with van der Waals surface area (Å²) in [5.41, 5.74) is 2.05. The van der Waals surface area contributed by atoms with E-state index >= 15 is 0 Å². The largest absolute Gasteiger partial charge is 0.330 e. The van der Waals surface area contributed by atoms with E-state index in [0.29, 0.717) is 5.92 Å². The standard InChI is InChI=1S/C12H11N5S/c1-2-7(1)11-15-12(18-17-11)14-9-3-4-10-8(5-9)6-13-16-10/h3-7H,1-2H2,(H,13,16)(H,14,15,17). The molecule has 4 rings (SSSR count). The minimum absolute atomic E-state index is 0.605. The molecule has 2 heterocycles. The number of rotatable bonds is 3. The summed E-state index contributed by atoms with van der Waals surface area (Å²) in [5.74, 6) is 1.60. The Labute approximate surface area is 107 Å². The molecule has 3 aromatic rings. The fourth-order valence-corrected chi connectivity index (χ4v) is 2.60. The number of hydrogen-bond donors (Lipinski definition) is 2. The monoisotopic (exact) mass is 257 g/mol. The van der Waals surface area contributed by atoms with Gasteiger partial charge in [-0.15, -0.1) is 0 Å². The lowest BCUT2D eigenvalue weighted by atomic mass is 10.2. The first kappa shape index (κ1) is 10.0. The number of anilines is 2. The average molecular weight is 257 g/mol. The van der Waals surface area contributed by atoms with Gasteiger partial charge in [0.15, 0.2) is 0 Å². The van der Waals surface area contributed by atoms with Crippen LogP contribution in [0.3, 0.4) is 0 Å². The molecular weight excluding hydrogens is 246 g/mol. The van der Waals surface area contributed by atoms with Gasteiger partial charge in [0.25, 0.3) is 0 Å². The Morgan fingerprint density at radius 2 is 2.28 bits per heavy atom. The van der Waals surface area contributed by atoms with Crippen molar-refractivity contribution in [3.8, 4) is 0 Å². The Morgan fingerprint density at radius 3 is 3.17 bits per heavy atom. The first-order chi connectivity index (χ1) is 8.88. The van der Waals surface area contributed by atoms with Crippen LogP contribution in [-0.4, -0.2) is 19.6 Å². The highest BCUT2D eigenvalue weighted by Crippen LogP contribution is 2.39. The number of hydrogen-bond acceptors (Lipinski definition) is 5. The Morgan fingerprint density at radius 1 is 1.33 bits per heavy atom. The third-order valence-electron chi connectivity index (χ3n) is 3.08. The van der Waals surface area contributed by atoms with Crippen molar-refractivity contribution in [1.29, 1.82) is 0 Å². The zero-order valence-electron chi connectivity index (χ0n) is 9.55. The molecule has 1 saturated carbocycles. The molecule has 0 unspecified atom stereocenters. The van der Waals surface area contributed by atoms with Crippen molar-refractivity contribution in [2.45, 2.75) is 18.8 Å². The summed E-state index contributed by atoms with van der Waals surface area (Å²) in [6, 6.07) is 6.07. The topological polar surface area (TPSA) is 66.5 Å². The highest BCUT2D eigenvalue weighted by Gasteiger charge is 2.27. The van der Waals surface area contributed by atoms with E-state index in [1.165, 1.54) is 24.4 Å². The van der Waals surface area contributed by atoms with Crippen LogP contribution in [0, 0.1) is 0 Å². The molecule has 6 heteroatoms. The van der Waals surface area contributed by atoms with Crippen LogP contribution in [0.5, 0.6) is 0 Å². The number of nitrogens with one attached hydrogen (secondary N) is 2. The molecule has 5 nitrogen and oxygen atoms in total. The minimum Gasteiger partial charge on any atom is -0.330 e. The first-order valence-corrected chi connectivity index (χ1v) is 6.69. The van der Waals surface area contributed by atoms with Gasteiger partial charge < -0.3 is 5.32 Å². The van der Waals surface area contributed by atoms with Crippen molar-refractivity contribution in [1.82, 2.24) is 19.6 Å². The molecule has 18 heavy (non-hydrogen) atoms. The number of H-pyrrole nitrogens is 1. The zero-order chi connectivity index (χ0) is 11.9. The number of fused-ring (bicyclic) bond motifs is 1. The van der Waals surface area contributed by atoms with Gasteiger partial charge in [0, 0.05) is 28.5 Å². The third kappa shape index (κ3) is 1.74. The van der Waals surface area contributed by atoms with E-state index < -0.39 is 0 Å². The predicted molar refractivity (Wildman–Crippen MR) is 71.3 cm³/mol. The first-order valence-electron chi connectivity index (χ1n) is 5.92. The maximum atomic E-state index is 4.51. The molecule has 1 fully saturated rings. The molecule has 0 spiro atoms. The molecule has 2 N–H and O–H groups in total. The molecule has 1 aromatic carbocycles. The van der Waals surface area contributed by atoms with Crippen LogP contribution in [0.4, 0.5) is 10.8 Å². The average Bonchev–Trinajstić information content (AvgIpc) is 2.95. The lowest BCUT2D eigenvalue weighted by molar-refractivity contribution is 0.987. The third-order valence-corrected chi connectivity index (χ3v) is 3.72. The van der Waals surface area contributed by atoms with Crippen LogP contribution < -0.4 is 5.32 Å². The van der Waals surface area contributed by atoms with Crippen molar-refractivity contribution in [3.05, 3.63) is 30.2 Å². The summed E-state index contributed by atoms with van der Waals surface area (Å²) >= 11 is 1.42. The van der Waals surface area contributed by atoms with Gasteiger partial charge in [-0.25, -0.2) is 4.98 Å². The van der Waals surface area contributed by atoms with E-state index in [0.717, 1.165) is 27.5 Å². The summed E-state index contributed by atoms with van der Waals surface area (Å²) < 4.78 is 4.38. The van der Waals surface area contributed by atoms with Gasteiger partial charge >= 0.3 is 0 Å². The smallest absolute Gasteiger partial charge is 0.207 e. The fourth-order valence-electron chi connectivity index (χ4n) is 1.94. The van der Waals surface area contributed by atoms with Gasteiger partial charge in [0.2, 0.25) is 5.13 Å². The van der Waals surface area contributed by atoms with Gasteiger partial charge in [0.05, 0.1) is 11.7 Å². The normalized spacial score (nSPS) is 15.1. The number of nitrogens with zero attached hydrogens (tertiary/aromatic N) is 3. The number of benzene rings is 1. The van der Waals surface area contributed by atoms with E-state index in [-0.39, 0.29) is 0 Å². The Kier molecular flexibility index (Phi) is 2.10. The minimum atomic E-state index is 0.605. The molecule has 0 radical (unpaired) electrons. The lowest BCUT2D eigenvalue weighted by Crippen LogP contribution is -1.90. The SMILES string of the molecule is c1cc2[nH]ncc2cc1Nc1nc(C2CC2)ns1. The van der Waals surface area contributed by atoms with Crippen molar-refractivity contribution >= 4 is 33.3 Å². The van der Waals surface area contributed by atoms with E-state index in [9.17, 15) is 0 Å². The molecule has 90 valence electrons. The van der Waals surface area contributed by atoms with Crippen LogP contribution in [0.1, 0.15) is 24.6 Å². The van der Waals surface area contributed by atoms with Gasteiger partial charge in [-0.3, -0.25) is 5.10 Å².